The van der Waals surface area contributed by atoms with Crippen molar-refractivity contribution in [1.29, 1.82) is 0 Å². The lowest BCUT2D eigenvalue weighted by molar-refractivity contribution is 1.03. The molecule has 0 saturated heterocycles. The molecule has 0 saturated carbocycles. The van der Waals surface area contributed by atoms with Gasteiger partial charge < -0.3 is 0 Å². The van der Waals surface area contributed by atoms with E-state index in [1.54, 1.807) is 0 Å². The van der Waals surface area contributed by atoms with E-state index in [1.165, 1.54) is 5.56 Å². The van der Waals surface area contributed by atoms with Gasteiger partial charge in [0, 0.05) is 58.3 Å². The van der Waals surface area contributed by atoms with Crippen molar-refractivity contribution >= 4 is 44.9 Å². The van der Waals surface area contributed by atoms with E-state index in [-0.39, 0.29) is 5.92 Å². The Morgan fingerprint density at radius 2 is 0.574 bits per heavy atom. The molecule has 0 amide bonds. The van der Waals surface area contributed by atoms with Gasteiger partial charge in [0.05, 0.1) is 34.4 Å². The summed E-state index contributed by atoms with van der Waals surface area (Å²) < 4.78 is 6.50. The molecule has 0 bridgehead atoms. The highest BCUT2D eigenvalue weighted by Gasteiger charge is 2.31. The van der Waals surface area contributed by atoms with Crippen molar-refractivity contribution in [2.75, 3.05) is 0 Å². The first kappa shape index (κ1) is 64.2. The minimum Gasteiger partial charge on any atom is -0.277 e. The number of hydrogen-bond donors (Lipinski definition) is 0. The van der Waals surface area contributed by atoms with Gasteiger partial charge >= 0.3 is 0 Å². The Balaban J connectivity index is 0.000000151. The lowest BCUT2D eigenvalue weighted by Crippen LogP contribution is -2.12. The van der Waals surface area contributed by atoms with Gasteiger partial charge in [-0.2, -0.15) is 0 Å². The smallest absolute Gasteiger partial charge is 0.164 e. The summed E-state index contributed by atoms with van der Waals surface area (Å²) in [5.74, 6) is 2.57. The molecule has 508 valence electrons. The molecular weight excluding hydrogens is 1320 g/mol. The number of para-hydroxylation sites is 3. The van der Waals surface area contributed by atoms with Crippen LogP contribution in [0.1, 0.15) is 22.7 Å². The normalized spacial score (nSPS) is 12.4. The second kappa shape index (κ2) is 28.2. The second-order valence-electron chi connectivity index (χ2n) is 26.7. The van der Waals surface area contributed by atoms with Gasteiger partial charge in [-0.05, 0) is 152 Å². The first-order valence-corrected chi connectivity index (χ1v) is 36.1. The van der Waals surface area contributed by atoms with Gasteiger partial charge in [-0.15, -0.1) is 0 Å². The first-order valence-electron chi connectivity index (χ1n) is 36.1. The van der Waals surface area contributed by atoms with Crippen LogP contribution in [0.15, 0.2) is 394 Å². The number of pyridine rings is 4. The average Bonchev–Trinajstić information content (AvgIpc) is 1.61. The monoisotopic (exact) mass is 1380 g/mol. The largest absolute Gasteiger partial charge is 0.277 e. The second-order valence-corrected chi connectivity index (χ2v) is 26.7. The third-order valence-electron chi connectivity index (χ3n) is 20.1. The summed E-state index contributed by atoms with van der Waals surface area (Å²) >= 11 is 0. The Hall–Kier alpha value is -14.7. The number of benzene rings is 12. The fraction of sp³-hybridized carbons (Fsp3) is 0.0103. The Labute approximate surface area is 624 Å². The van der Waals surface area contributed by atoms with Gasteiger partial charge in [-0.25, -0.2) is 34.9 Å². The van der Waals surface area contributed by atoms with Gasteiger partial charge in [0.25, 0.3) is 0 Å². The van der Waals surface area contributed by atoms with Crippen LogP contribution in [0.2, 0.25) is 0 Å². The van der Waals surface area contributed by atoms with E-state index in [9.17, 15) is 0 Å². The Morgan fingerprint density at radius 3 is 1.05 bits per heavy atom. The molecule has 1 unspecified atom stereocenters. The number of aromatic nitrogens is 10. The molecule has 11 nitrogen and oxygen atoms in total. The molecule has 0 aliphatic carbocycles. The maximum atomic E-state index is 5.11. The van der Waals surface area contributed by atoms with Crippen LogP contribution in [0.25, 0.3) is 151 Å². The van der Waals surface area contributed by atoms with Gasteiger partial charge in [0.2, 0.25) is 0 Å². The molecule has 0 N–H and O–H groups in total. The van der Waals surface area contributed by atoms with E-state index < -0.39 is 0 Å². The van der Waals surface area contributed by atoms with E-state index in [4.69, 9.17) is 34.9 Å². The lowest BCUT2D eigenvalue weighted by atomic mass is 9.87. The van der Waals surface area contributed by atoms with Crippen molar-refractivity contribution < 1.29 is 0 Å². The summed E-state index contributed by atoms with van der Waals surface area (Å²) in [5.41, 5.74) is 30.2. The maximum absolute atomic E-state index is 5.11. The van der Waals surface area contributed by atoms with Crippen LogP contribution in [0.3, 0.4) is 0 Å². The molecule has 19 aromatic rings. The molecule has 108 heavy (non-hydrogen) atoms. The van der Waals surface area contributed by atoms with Gasteiger partial charge in [0.1, 0.15) is 34.0 Å². The van der Waals surface area contributed by atoms with Crippen LogP contribution < -0.4 is 0 Å². The number of hydrogen-bond acceptors (Lipinski definition) is 8. The maximum Gasteiger partial charge on any atom is 0.164 e. The number of fused-ring (bicyclic) bond motifs is 4. The van der Waals surface area contributed by atoms with Crippen molar-refractivity contribution in [3.8, 4) is 118 Å². The van der Waals surface area contributed by atoms with E-state index in [0.717, 1.165) is 174 Å². The summed E-state index contributed by atoms with van der Waals surface area (Å²) in [6.45, 7) is 0. The van der Waals surface area contributed by atoms with Gasteiger partial charge in [-0.3, -0.25) is 18.7 Å². The molecule has 20 rings (SSSR count). The van der Waals surface area contributed by atoms with Crippen molar-refractivity contribution in [2.45, 2.75) is 5.92 Å². The number of imidazole rings is 3. The summed E-state index contributed by atoms with van der Waals surface area (Å²) in [6, 6.07) is 127. The van der Waals surface area contributed by atoms with E-state index in [1.807, 2.05) is 104 Å². The van der Waals surface area contributed by atoms with Crippen molar-refractivity contribution in [1.82, 2.24) is 48.6 Å². The molecule has 1 aliphatic rings. The molecule has 12 aromatic carbocycles. The van der Waals surface area contributed by atoms with Gasteiger partial charge in [0.15, 0.2) is 16.9 Å². The summed E-state index contributed by atoms with van der Waals surface area (Å²) in [5, 5.41) is 0. The van der Waals surface area contributed by atoms with Crippen molar-refractivity contribution in [3.63, 3.8) is 0 Å². The highest BCUT2D eigenvalue weighted by Crippen LogP contribution is 2.43. The van der Waals surface area contributed by atoms with Crippen molar-refractivity contribution in [2.24, 2.45) is 4.99 Å². The van der Waals surface area contributed by atoms with Crippen LogP contribution in [0.5, 0.6) is 0 Å². The molecule has 1 aliphatic heterocycles. The van der Waals surface area contributed by atoms with Gasteiger partial charge in [-0.1, -0.05) is 279 Å². The molecule has 0 fully saturated rings. The van der Waals surface area contributed by atoms with Crippen LogP contribution in [0.4, 0.5) is 5.69 Å². The highest BCUT2D eigenvalue weighted by atomic mass is 15.2. The minimum absolute atomic E-state index is 0.00170. The predicted octanol–water partition coefficient (Wildman–Crippen LogP) is 23.2. The predicted molar refractivity (Wildman–Crippen MR) is 438 cm³/mol. The zero-order valence-corrected chi connectivity index (χ0v) is 58.4. The van der Waals surface area contributed by atoms with Crippen LogP contribution in [0, 0.1) is 0 Å². The summed E-state index contributed by atoms with van der Waals surface area (Å²) in [7, 11) is 0. The van der Waals surface area contributed by atoms with E-state index in [2.05, 4.69) is 304 Å². The zero-order chi connectivity index (χ0) is 71.7. The SMILES string of the molecule is c1ccc(-c2ccccc2-n2c(-c3ccc(-c4ccc(-c5ccc(-c6nc7cccnc7n6-c6ccccc6-c6ccccc6)cc5)cc4)cc3)nc3cccnc32)cc1.c1ccc(C2C(c3cccc(-c4ccc(-c5cccc(-c6nc7cccnc7n6-c6ccccc6)c5)cc4)c3)=Nc3cccnc32)cc1. The van der Waals surface area contributed by atoms with Crippen LogP contribution in [-0.4, -0.2) is 54.3 Å². The summed E-state index contributed by atoms with van der Waals surface area (Å²) in [6.07, 6.45) is 7.34. The Bertz CT molecular complexity index is 6290. The molecule has 0 spiro atoms. The quantitative estimate of drug-likeness (QED) is 0.106. The molecule has 0 radical (unpaired) electrons. The number of nitrogens with zero attached hydrogens (tertiary/aromatic N) is 11. The molecule has 8 heterocycles. The van der Waals surface area contributed by atoms with Crippen LogP contribution in [-0.2, 0) is 0 Å². The minimum atomic E-state index is -0.00170. The van der Waals surface area contributed by atoms with E-state index >= 15 is 0 Å². The Kier molecular flexibility index (Phi) is 16.7. The zero-order valence-electron chi connectivity index (χ0n) is 58.4. The van der Waals surface area contributed by atoms with E-state index in [0.29, 0.717) is 0 Å². The lowest BCUT2D eigenvalue weighted by Gasteiger charge is -2.15. The topological polar surface area (TPSA) is 117 Å². The number of rotatable bonds is 14. The van der Waals surface area contributed by atoms with Crippen LogP contribution >= 0.6 is 0 Å². The molecule has 11 heteroatoms. The molecule has 7 aromatic heterocycles. The van der Waals surface area contributed by atoms with Crippen molar-refractivity contribution in [3.05, 3.63) is 406 Å². The first-order chi connectivity index (χ1) is 53.6. The average molecular weight is 1380 g/mol. The third kappa shape index (κ3) is 12.2. The third-order valence-corrected chi connectivity index (χ3v) is 20.1. The molecular formula is C97H65N11. The number of aliphatic imine (C=N–C) groups is 1. The fourth-order valence-corrected chi connectivity index (χ4v) is 14.9. The standard InChI is InChI=1S/C54H36N6.C43H29N5/c1-3-13-41(14-4-1)45-17-7-9-21-49(45)59-51(57-47-19-11-35-55-53(47)59)43-31-27-39(28-32-43)37-23-25-38(26-24-37)40-29-33-44(34-30-40)52-58-48-20-12-36-56-54(48)60(52)50-22-10-8-18-46(50)42-15-5-2-6-16-42;1-3-11-31(12-4-1)39-40(46-37-19-9-25-44-41(37)39)34-15-7-13-32(27-34)29-21-23-30(24-22-29)33-14-8-16-35(28-33)42-47-38-20-10-26-45-43(38)48(42)36-17-5-2-6-18-36/h1-36H;1-28,39H. The highest BCUT2D eigenvalue weighted by molar-refractivity contribution is 6.12. The fourth-order valence-electron chi connectivity index (χ4n) is 14.9. The Morgan fingerprint density at radius 1 is 0.231 bits per heavy atom. The summed E-state index contributed by atoms with van der Waals surface area (Å²) in [4.78, 5) is 39.3. The molecule has 1 atom stereocenters.